The van der Waals surface area contributed by atoms with Crippen LogP contribution >= 0.6 is 0 Å². The lowest BCUT2D eigenvalue weighted by molar-refractivity contribution is 0.0514. The molecule has 0 aromatic rings. The molecule has 2 rings (SSSR count). The lowest BCUT2D eigenvalue weighted by Crippen LogP contribution is -2.51. The Labute approximate surface area is 134 Å². The summed E-state index contributed by atoms with van der Waals surface area (Å²) in [6, 6.07) is 0.894. The Morgan fingerprint density at radius 3 is 2.55 bits per heavy atom. The molecule has 0 radical (unpaired) electrons. The fourth-order valence-electron chi connectivity index (χ4n) is 3.51. The van der Waals surface area contributed by atoms with Gasteiger partial charge in [-0.3, -0.25) is 0 Å². The van der Waals surface area contributed by atoms with Gasteiger partial charge in [-0.1, -0.05) is 19.3 Å². The van der Waals surface area contributed by atoms with Crippen molar-refractivity contribution in [1.82, 2.24) is 16.0 Å². The fraction of sp³-hybridized carbons (Fsp3) is 0.941. The zero-order chi connectivity index (χ0) is 16.0. The van der Waals surface area contributed by atoms with E-state index < -0.39 is 5.60 Å². The molecule has 5 nitrogen and oxygen atoms in total. The minimum Gasteiger partial charge on any atom is -0.444 e. The van der Waals surface area contributed by atoms with Crippen LogP contribution in [0, 0.1) is 5.92 Å². The summed E-state index contributed by atoms with van der Waals surface area (Å²) in [6.45, 7) is 8.48. The lowest BCUT2D eigenvalue weighted by atomic mass is 9.83. The van der Waals surface area contributed by atoms with E-state index in [9.17, 15) is 4.79 Å². The standard InChI is InChI=1S/C17H33N3O2/c1-17(2,3)22-16(21)19-12-15(13-7-5-4-6-8-13)20-14-9-10-18-11-14/h13-15,18,20H,4-12H2,1-3H3,(H,19,21). The van der Waals surface area contributed by atoms with Crippen molar-refractivity contribution < 1.29 is 9.53 Å². The van der Waals surface area contributed by atoms with Crippen molar-refractivity contribution in [3.05, 3.63) is 0 Å². The predicted octanol–water partition coefficient (Wildman–Crippen LogP) is 2.41. The molecule has 0 aromatic carbocycles. The van der Waals surface area contributed by atoms with Crippen molar-refractivity contribution in [2.45, 2.75) is 77.0 Å². The Kier molecular flexibility index (Phi) is 6.50. The Bertz CT molecular complexity index is 342. The van der Waals surface area contributed by atoms with Crippen LogP contribution < -0.4 is 16.0 Å². The number of alkyl carbamates (subject to hydrolysis) is 1. The molecule has 1 aliphatic heterocycles. The molecule has 2 fully saturated rings. The number of ether oxygens (including phenoxy) is 1. The van der Waals surface area contributed by atoms with Crippen molar-refractivity contribution in [1.29, 1.82) is 0 Å². The van der Waals surface area contributed by atoms with Gasteiger partial charge in [-0.15, -0.1) is 0 Å². The first-order valence-corrected chi connectivity index (χ1v) is 8.87. The summed E-state index contributed by atoms with van der Waals surface area (Å²) < 4.78 is 5.36. The van der Waals surface area contributed by atoms with Gasteiger partial charge in [0, 0.05) is 25.2 Å². The van der Waals surface area contributed by atoms with Gasteiger partial charge in [0.2, 0.25) is 0 Å². The molecule has 0 aromatic heterocycles. The molecule has 1 saturated carbocycles. The summed E-state index contributed by atoms with van der Waals surface area (Å²) in [5.74, 6) is 0.671. The van der Waals surface area contributed by atoms with Crippen LogP contribution in [0.15, 0.2) is 0 Å². The fourth-order valence-corrected chi connectivity index (χ4v) is 3.51. The highest BCUT2D eigenvalue weighted by Gasteiger charge is 2.28. The van der Waals surface area contributed by atoms with Gasteiger partial charge in [0.15, 0.2) is 0 Å². The maximum Gasteiger partial charge on any atom is 0.407 e. The van der Waals surface area contributed by atoms with Crippen molar-refractivity contribution in [3.63, 3.8) is 0 Å². The summed E-state index contributed by atoms with van der Waals surface area (Å²) in [7, 11) is 0. The molecule has 22 heavy (non-hydrogen) atoms. The van der Waals surface area contributed by atoms with Crippen molar-refractivity contribution in [3.8, 4) is 0 Å². The molecule has 2 atom stereocenters. The van der Waals surface area contributed by atoms with Crippen molar-refractivity contribution in [2.24, 2.45) is 5.92 Å². The highest BCUT2D eigenvalue weighted by atomic mass is 16.6. The highest BCUT2D eigenvalue weighted by Crippen LogP contribution is 2.27. The van der Waals surface area contributed by atoms with Gasteiger partial charge in [0.1, 0.15) is 5.60 Å². The maximum atomic E-state index is 11.9. The molecule has 1 amide bonds. The van der Waals surface area contributed by atoms with E-state index in [2.05, 4.69) is 16.0 Å². The smallest absolute Gasteiger partial charge is 0.407 e. The summed E-state index contributed by atoms with van der Waals surface area (Å²) in [5.41, 5.74) is -0.437. The van der Waals surface area contributed by atoms with E-state index in [0.29, 0.717) is 24.5 Å². The van der Waals surface area contributed by atoms with Crippen LogP contribution in [0.2, 0.25) is 0 Å². The minimum atomic E-state index is -0.437. The van der Waals surface area contributed by atoms with E-state index in [1.54, 1.807) is 0 Å². The summed E-state index contributed by atoms with van der Waals surface area (Å²) in [5, 5.41) is 10.1. The van der Waals surface area contributed by atoms with Gasteiger partial charge in [-0.2, -0.15) is 0 Å². The van der Waals surface area contributed by atoms with Gasteiger partial charge in [-0.05, 0) is 52.5 Å². The third-order valence-electron chi connectivity index (χ3n) is 4.59. The van der Waals surface area contributed by atoms with Crippen LogP contribution in [0.25, 0.3) is 0 Å². The van der Waals surface area contributed by atoms with Crippen LogP contribution in [-0.2, 0) is 4.74 Å². The van der Waals surface area contributed by atoms with Crippen LogP contribution in [0.3, 0.4) is 0 Å². The second-order valence-corrected chi connectivity index (χ2v) is 7.74. The Morgan fingerprint density at radius 2 is 1.95 bits per heavy atom. The summed E-state index contributed by atoms with van der Waals surface area (Å²) in [6.07, 6.45) is 7.40. The molecular weight excluding hydrogens is 278 g/mol. The SMILES string of the molecule is CC(C)(C)OC(=O)NCC(NC1CCNC1)C1CCCCC1. The maximum absolute atomic E-state index is 11.9. The van der Waals surface area contributed by atoms with Crippen LogP contribution in [0.4, 0.5) is 4.79 Å². The minimum absolute atomic E-state index is 0.306. The molecule has 1 saturated heterocycles. The van der Waals surface area contributed by atoms with Gasteiger partial charge >= 0.3 is 6.09 Å². The van der Waals surface area contributed by atoms with Crippen molar-refractivity contribution in [2.75, 3.05) is 19.6 Å². The zero-order valence-corrected chi connectivity index (χ0v) is 14.4. The Hall–Kier alpha value is -0.810. The number of rotatable bonds is 5. The summed E-state index contributed by atoms with van der Waals surface area (Å²) in [4.78, 5) is 11.9. The van der Waals surface area contributed by atoms with Crippen molar-refractivity contribution >= 4 is 6.09 Å². The number of hydrogen-bond donors (Lipinski definition) is 3. The first-order valence-electron chi connectivity index (χ1n) is 8.87. The van der Waals surface area contributed by atoms with Gasteiger partial charge < -0.3 is 20.7 Å². The van der Waals surface area contributed by atoms with E-state index in [1.807, 2.05) is 20.8 Å². The molecule has 1 aliphatic carbocycles. The number of carbonyl (C=O) groups is 1. The third-order valence-corrected chi connectivity index (χ3v) is 4.59. The molecule has 0 bridgehead atoms. The number of nitrogens with one attached hydrogen (secondary N) is 3. The zero-order valence-electron chi connectivity index (χ0n) is 14.4. The van der Waals surface area contributed by atoms with E-state index in [1.165, 1.54) is 38.5 Å². The Morgan fingerprint density at radius 1 is 1.23 bits per heavy atom. The molecule has 1 heterocycles. The average molecular weight is 311 g/mol. The normalized spacial score (nSPS) is 25.0. The second kappa shape index (κ2) is 8.16. The van der Waals surface area contributed by atoms with E-state index in [-0.39, 0.29) is 6.09 Å². The first-order chi connectivity index (χ1) is 10.4. The van der Waals surface area contributed by atoms with Gasteiger partial charge in [-0.25, -0.2) is 4.79 Å². The predicted molar refractivity (Wildman–Crippen MR) is 89.0 cm³/mol. The largest absolute Gasteiger partial charge is 0.444 e. The van der Waals surface area contributed by atoms with E-state index >= 15 is 0 Å². The molecule has 128 valence electrons. The molecule has 2 unspecified atom stereocenters. The topological polar surface area (TPSA) is 62.4 Å². The number of carbonyl (C=O) groups excluding carboxylic acids is 1. The summed E-state index contributed by atoms with van der Waals surface area (Å²) >= 11 is 0. The molecule has 5 heteroatoms. The second-order valence-electron chi connectivity index (χ2n) is 7.74. The van der Waals surface area contributed by atoms with E-state index in [4.69, 9.17) is 4.74 Å². The van der Waals surface area contributed by atoms with E-state index in [0.717, 1.165) is 13.1 Å². The van der Waals surface area contributed by atoms with Crippen LogP contribution in [0.1, 0.15) is 59.3 Å². The van der Waals surface area contributed by atoms with Crippen LogP contribution in [-0.4, -0.2) is 43.4 Å². The Balaban J connectivity index is 1.84. The number of amides is 1. The molecule has 3 N–H and O–H groups in total. The highest BCUT2D eigenvalue weighted by molar-refractivity contribution is 5.67. The lowest BCUT2D eigenvalue weighted by Gasteiger charge is -2.33. The first kappa shape index (κ1) is 17.5. The third kappa shape index (κ3) is 6.13. The quantitative estimate of drug-likeness (QED) is 0.730. The monoisotopic (exact) mass is 311 g/mol. The van der Waals surface area contributed by atoms with Gasteiger partial charge in [0.05, 0.1) is 0 Å². The number of hydrogen-bond acceptors (Lipinski definition) is 4. The van der Waals surface area contributed by atoms with Crippen LogP contribution in [0.5, 0.6) is 0 Å². The molecule has 0 spiro atoms. The molecular formula is C17H33N3O2. The van der Waals surface area contributed by atoms with Gasteiger partial charge in [0.25, 0.3) is 0 Å². The molecule has 2 aliphatic rings. The average Bonchev–Trinajstić information content (AvgIpc) is 2.95.